The standard InChI is InChI=1S/C25H26N6O/c1-19-7-5-10-21(17-19)31-23(28-22-11-6-12-26-24(22)31)18-29-13-15-30(16-14-29)25(32)27-20-8-3-2-4-9-20/h2-12,17H,13-16,18H2,1H3,(H,27,32). The number of fused-ring (bicyclic) bond motifs is 1. The van der Waals surface area contributed by atoms with Crippen LogP contribution in [0.1, 0.15) is 11.4 Å². The van der Waals surface area contributed by atoms with E-state index in [-0.39, 0.29) is 6.03 Å². The summed E-state index contributed by atoms with van der Waals surface area (Å²) in [5.41, 5.74) is 4.85. The van der Waals surface area contributed by atoms with E-state index in [0.717, 1.165) is 41.5 Å². The summed E-state index contributed by atoms with van der Waals surface area (Å²) in [5.74, 6) is 0.964. The lowest BCUT2D eigenvalue weighted by molar-refractivity contribution is 0.140. The van der Waals surface area contributed by atoms with E-state index in [0.29, 0.717) is 19.6 Å². The van der Waals surface area contributed by atoms with E-state index in [2.05, 4.69) is 51.0 Å². The van der Waals surface area contributed by atoms with Crippen LogP contribution in [0.15, 0.2) is 72.9 Å². The number of hydrogen-bond acceptors (Lipinski definition) is 4. The third-order valence-electron chi connectivity index (χ3n) is 5.79. The highest BCUT2D eigenvalue weighted by atomic mass is 16.2. The van der Waals surface area contributed by atoms with Crippen molar-refractivity contribution in [2.75, 3.05) is 31.5 Å². The van der Waals surface area contributed by atoms with Gasteiger partial charge in [-0.1, -0.05) is 30.3 Å². The second-order valence-corrected chi connectivity index (χ2v) is 8.11. The molecule has 0 saturated carbocycles. The van der Waals surface area contributed by atoms with Crippen molar-refractivity contribution in [3.8, 4) is 5.69 Å². The largest absolute Gasteiger partial charge is 0.322 e. The number of imidazole rings is 1. The number of hydrogen-bond donors (Lipinski definition) is 1. The lowest BCUT2D eigenvalue weighted by atomic mass is 10.2. The molecule has 7 heteroatoms. The number of benzene rings is 2. The van der Waals surface area contributed by atoms with Gasteiger partial charge in [0, 0.05) is 43.8 Å². The lowest BCUT2D eigenvalue weighted by Crippen LogP contribution is -2.49. The summed E-state index contributed by atoms with van der Waals surface area (Å²) in [6, 6.07) is 21.9. The van der Waals surface area contributed by atoms with Crippen molar-refractivity contribution >= 4 is 22.9 Å². The molecular weight excluding hydrogens is 400 g/mol. The van der Waals surface area contributed by atoms with E-state index in [1.54, 1.807) is 0 Å². The number of para-hydroxylation sites is 1. The monoisotopic (exact) mass is 426 g/mol. The average Bonchev–Trinajstić information content (AvgIpc) is 3.18. The van der Waals surface area contributed by atoms with Crippen molar-refractivity contribution in [1.82, 2.24) is 24.3 Å². The first-order valence-electron chi connectivity index (χ1n) is 10.9. The molecule has 0 radical (unpaired) electrons. The number of rotatable bonds is 4. The van der Waals surface area contributed by atoms with Gasteiger partial charge >= 0.3 is 6.03 Å². The molecule has 1 fully saturated rings. The number of carbonyl (C=O) groups is 1. The van der Waals surface area contributed by atoms with Gasteiger partial charge in [-0.15, -0.1) is 0 Å². The number of urea groups is 1. The molecule has 32 heavy (non-hydrogen) atoms. The van der Waals surface area contributed by atoms with Gasteiger partial charge in [0.15, 0.2) is 5.65 Å². The molecule has 1 aliphatic rings. The predicted octanol–water partition coefficient (Wildman–Crippen LogP) is 4.08. The topological polar surface area (TPSA) is 66.3 Å². The number of nitrogens with one attached hydrogen (secondary N) is 1. The molecule has 3 heterocycles. The summed E-state index contributed by atoms with van der Waals surface area (Å²) >= 11 is 0. The van der Waals surface area contributed by atoms with Crippen molar-refractivity contribution in [2.45, 2.75) is 13.5 Å². The summed E-state index contributed by atoms with van der Waals surface area (Å²) in [6.45, 7) is 5.76. The first-order valence-corrected chi connectivity index (χ1v) is 10.9. The normalized spacial score (nSPS) is 14.6. The number of piperazine rings is 1. The molecule has 0 aliphatic carbocycles. The highest BCUT2D eigenvalue weighted by Gasteiger charge is 2.23. The van der Waals surface area contributed by atoms with Crippen molar-refractivity contribution < 1.29 is 4.79 Å². The Labute approximate surface area is 187 Å². The third-order valence-corrected chi connectivity index (χ3v) is 5.79. The van der Waals surface area contributed by atoms with Crippen molar-refractivity contribution in [2.24, 2.45) is 0 Å². The van der Waals surface area contributed by atoms with E-state index < -0.39 is 0 Å². The number of aryl methyl sites for hydroxylation is 1. The first-order chi connectivity index (χ1) is 15.7. The minimum Gasteiger partial charge on any atom is -0.322 e. The third kappa shape index (κ3) is 4.20. The Morgan fingerprint density at radius 3 is 2.56 bits per heavy atom. The molecule has 2 aromatic heterocycles. The fraction of sp³-hybridized carbons (Fsp3) is 0.240. The zero-order valence-corrected chi connectivity index (χ0v) is 18.1. The number of carbonyl (C=O) groups excluding carboxylic acids is 1. The van der Waals surface area contributed by atoms with Crippen LogP contribution in [0.5, 0.6) is 0 Å². The van der Waals surface area contributed by atoms with Crippen LogP contribution >= 0.6 is 0 Å². The fourth-order valence-electron chi connectivity index (χ4n) is 4.14. The molecule has 2 amide bonds. The number of anilines is 1. The van der Waals surface area contributed by atoms with Gasteiger partial charge in [-0.3, -0.25) is 9.47 Å². The van der Waals surface area contributed by atoms with Crippen LogP contribution in [0.25, 0.3) is 16.9 Å². The summed E-state index contributed by atoms with van der Waals surface area (Å²) in [7, 11) is 0. The molecule has 1 saturated heterocycles. The Morgan fingerprint density at radius 2 is 1.78 bits per heavy atom. The average molecular weight is 427 g/mol. The number of aromatic nitrogens is 3. The molecule has 0 unspecified atom stereocenters. The highest BCUT2D eigenvalue weighted by Crippen LogP contribution is 2.22. The number of pyridine rings is 1. The summed E-state index contributed by atoms with van der Waals surface area (Å²) < 4.78 is 2.15. The van der Waals surface area contributed by atoms with Gasteiger partial charge in [-0.2, -0.15) is 0 Å². The highest BCUT2D eigenvalue weighted by molar-refractivity contribution is 5.89. The molecule has 2 aromatic carbocycles. The summed E-state index contributed by atoms with van der Waals surface area (Å²) in [6.07, 6.45) is 1.81. The van der Waals surface area contributed by atoms with Gasteiger partial charge in [-0.05, 0) is 48.9 Å². The number of nitrogens with zero attached hydrogens (tertiary/aromatic N) is 5. The molecule has 5 rings (SSSR count). The van der Waals surface area contributed by atoms with Crippen LogP contribution in [0.2, 0.25) is 0 Å². The molecule has 7 nitrogen and oxygen atoms in total. The van der Waals surface area contributed by atoms with Gasteiger partial charge in [0.25, 0.3) is 0 Å². The lowest BCUT2D eigenvalue weighted by Gasteiger charge is -2.34. The quantitative estimate of drug-likeness (QED) is 0.534. The van der Waals surface area contributed by atoms with Crippen molar-refractivity contribution in [3.05, 3.63) is 84.3 Å². The Bertz CT molecular complexity index is 1230. The zero-order chi connectivity index (χ0) is 21.9. The van der Waals surface area contributed by atoms with Gasteiger partial charge in [0.2, 0.25) is 0 Å². The van der Waals surface area contributed by atoms with E-state index in [9.17, 15) is 4.79 Å². The Morgan fingerprint density at radius 1 is 0.969 bits per heavy atom. The van der Waals surface area contributed by atoms with E-state index >= 15 is 0 Å². The van der Waals surface area contributed by atoms with Crippen molar-refractivity contribution in [1.29, 1.82) is 0 Å². The van der Waals surface area contributed by atoms with Gasteiger partial charge in [0.05, 0.1) is 6.54 Å². The molecule has 0 spiro atoms. The minimum atomic E-state index is -0.0490. The summed E-state index contributed by atoms with van der Waals surface area (Å²) in [4.78, 5) is 26.3. The summed E-state index contributed by atoms with van der Waals surface area (Å²) in [5, 5.41) is 2.97. The molecule has 0 atom stereocenters. The maximum Gasteiger partial charge on any atom is 0.321 e. The second kappa shape index (κ2) is 8.80. The van der Waals surface area contributed by atoms with Crippen LogP contribution in [0.4, 0.5) is 10.5 Å². The van der Waals surface area contributed by atoms with Crippen molar-refractivity contribution in [3.63, 3.8) is 0 Å². The Hall–Kier alpha value is -3.71. The first kappa shape index (κ1) is 20.2. The SMILES string of the molecule is Cc1cccc(-n2c(CN3CCN(C(=O)Nc4ccccc4)CC3)nc3cccnc32)c1. The predicted molar refractivity (Wildman–Crippen MR) is 126 cm³/mol. The second-order valence-electron chi connectivity index (χ2n) is 8.11. The van der Waals surface area contributed by atoms with E-state index in [4.69, 9.17) is 4.98 Å². The Balaban J connectivity index is 1.31. The Kier molecular flexibility index (Phi) is 5.56. The zero-order valence-electron chi connectivity index (χ0n) is 18.1. The minimum absolute atomic E-state index is 0.0490. The molecule has 0 bridgehead atoms. The molecule has 4 aromatic rings. The smallest absolute Gasteiger partial charge is 0.321 e. The molecule has 1 aliphatic heterocycles. The van der Waals surface area contributed by atoms with Crippen LogP contribution in [0, 0.1) is 6.92 Å². The number of amides is 2. The maximum absolute atomic E-state index is 12.6. The van der Waals surface area contributed by atoms with Crippen LogP contribution in [-0.2, 0) is 6.54 Å². The van der Waals surface area contributed by atoms with E-state index in [1.165, 1.54) is 5.56 Å². The van der Waals surface area contributed by atoms with Crippen LogP contribution in [-0.4, -0.2) is 56.5 Å². The van der Waals surface area contributed by atoms with Gasteiger partial charge < -0.3 is 10.2 Å². The van der Waals surface area contributed by atoms with E-state index in [1.807, 2.05) is 53.6 Å². The fourth-order valence-corrected chi connectivity index (χ4v) is 4.14. The van der Waals surface area contributed by atoms with Gasteiger partial charge in [-0.25, -0.2) is 14.8 Å². The molecular formula is C25H26N6O. The van der Waals surface area contributed by atoms with Gasteiger partial charge in [0.1, 0.15) is 11.3 Å². The molecule has 1 N–H and O–H groups in total. The van der Waals surface area contributed by atoms with Crippen LogP contribution < -0.4 is 5.32 Å². The maximum atomic E-state index is 12.6. The molecule has 162 valence electrons. The van der Waals surface area contributed by atoms with Crippen LogP contribution in [0.3, 0.4) is 0 Å².